The van der Waals surface area contributed by atoms with E-state index in [1.807, 2.05) is 61.5 Å². The zero-order chi connectivity index (χ0) is 15.1. The first-order valence-corrected chi connectivity index (χ1v) is 6.73. The number of oxime groups is 1. The molecule has 0 aliphatic carbocycles. The highest BCUT2D eigenvalue weighted by atomic mass is 16.5. The normalized spacial score (nSPS) is 12.7. The third-order valence-corrected chi connectivity index (χ3v) is 3.07. The average Bonchev–Trinajstić information content (AvgIpc) is 2.54. The number of nitrogens with zero attached hydrogens (tertiary/aromatic N) is 1. The van der Waals surface area contributed by atoms with Crippen molar-refractivity contribution in [3.63, 3.8) is 0 Å². The molecular weight excluding hydrogens is 266 g/mol. The Balaban J connectivity index is 1.90. The molecule has 4 N–H and O–H groups in total. The lowest BCUT2D eigenvalue weighted by molar-refractivity contribution is 0.315. The van der Waals surface area contributed by atoms with E-state index in [0.29, 0.717) is 6.54 Å². The number of amidine groups is 1. The van der Waals surface area contributed by atoms with Gasteiger partial charge in [-0.15, -0.1) is 0 Å². The number of para-hydroxylation sites is 1. The number of nitrogens with one attached hydrogen (secondary N) is 1. The maximum Gasteiger partial charge on any atom is 0.143 e. The summed E-state index contributed by atoms with van der Waals surface area (Å²) < 4.78 is 5.71. The zero-order valence-corrected chi connectivity index (χ0v) is 11.9. The molecule has 0 saturated carbocycles. The summed E-state index contributed by atoms with van der Waals surface area (Å²) in [6.07, 6.45) is 0. The molecule has 2 rings (SSSR count). The smallest absolute Gasteiger partial charge is 0.143 e. The van der Waals surface area contributed by atoms with Crippen LogP contribution in [0.4, 0.5) is 5.69 Å². The van der Waals surface area contributed by atoms with Crippen LogP contribution in [0.1, 0.15) is 6.92 Å². The van der Waals surface area contributed by atoms with Gasteiger partial charge in [0, 0.05) is 18.2 Å². The number of hydrogen-bond donors (Lipinski definition) is 3. The van der Waals surface area contributed by atoms with Gasteiger partial charge in [0.05, 0.1) is 0 Å². The highest BCUT2D eigenvalue weighted by molar-refractivity contribution is 5.82. The molecule has 0 fully saturated rings. The molecule has 0 amide bonds. The molecule has 2 aromatic carbocycles. The number of hydrogen-bond acceptors (Lipinski definition) is 4. The first-order valence-electron chi connectivity index (χ1n) is 6.73. The second-order valence-corrected chi connectivity index (χ2v) is 4.75. The van der Waals surface area contributed by atoms with E-state index in [-0.39, 0.29) is 11.8 Å². The number of benzene rings is 2. The van der Waals surface area contributed by atoms with Gasteiger partial charge in [0.25, 0.3) is 0 Å². The Morgan fingerprint density at radius 1 is 1.14 bits per heavy atom. The van der Waals surface area contributed by atoms with E-state index in [9.17, 15) is 0 Å². The molecule has 0 spiro atoms. The third kappa shape index (κ3) is 4.42. The molecule has 5 heteroatoms. The van der Waals surface area contributed by atoms with Gasteiger partial charge in [-0.1, -0.05) is 30.3 Å². The molecule has 0 heterocycles. The topological polar surface area (TPSA) is 79.9 Å². The number of anilines is 1. The second-order valence-electron chi connectivity index (χ2n) is 4.75. The van der Waals surface area contributed by atoms with Crippen LogP contribution >= 0.6 is 0 Å². The molecule has 0 bridgehead atoms. The molecule has 2 aromatic rings. The lowest BCUT2D eigenvalue weighted by atomic mass is 10.1. The van der Waals surface area contributed by atoms with Gasteiger partial charge in [0.2, 0.25) is 0 Å². The highest BCUT2D eigenvalue weighted by Crippen LogP contribution is 2.22. The largest absolute Gasteiger partial charge is 0.457 e. The predicted molar refractivity (Wildman–Crippen MR) is 84.0 cm³/mol. The molecule has 1 unspecified atom stereocenters. The summed E-state index contributed by atoms with van der Waals surface area (Å²) in [5.41, 5.74) is 6.48. The number of ether oxygens (including phenoxy) is 1. The summed E-state index contributed by atoms with van der Waals surface area (Å²) in [7, 11) is 0. The van der Waals surface area contributed by atoms with Gasteiger partial charge in [-0.05, 0) is 36.4 Å². The van der Waals surface area contributed by atoms with E-state index in [0.717, 1.165) is 17.2 Å². The Morgan fingerprint density at radius 2 is 1.76 bits per heavy atom. The standard InChI is InChI=1S/C16H19N3O2/c1-12(16(17)19-20)11-18-13-7-9-15(10-8-13)21-14-5-3-2-4-6-14/h2-10,12,18,20H,11H2,1H3,(H2,17,19). The summed E-state index contributed by atoms with van der Waals surface area (Å²) >= 11 is 0. The molecule has 5 nitrogen and oxygen atoms in total. The first-order chi connectivity index (χ1) is 10.2. The molecule has 110 valence electrons. The summed E-state index contributed by atoms with van der Waals surface area (Å²) in [6.45, 7) is 2.48. The summed E-state index contributed by atoms with van der Waals surface area (Å²) in [5, 5.41) is 14.8. The fourth-order valence-electron chi connectivity index (χ4n) is 1.74. The zero-order valence-electron chi connectivity index (χ0n) is 11.9. The SMILES string of the molecule is CC(CNc1ccc(Oc2ccccc2)cc1)C(N)=NO. The van der Waals surface area contributed by atoms with Crippen LogP contribution in [-0.4, -0.2) is 17.6 Å². The van der Waals surface area contributed by atoms with Crippen molar-refractivity contribution in [2.75, 3.05) is 11.9 Å². The average molecular weight is 285 g/mol. The van der Waals surface area contributed by atoms with E-state index in [1.165, 1.54) is 0 Å². The van der Waals surface area contributed by atoms with Crippen LogP contribution in [0.2, 0.25) is 0 Å². The van der Waals surface area contributed by atoms with Gasteiger partial charge in [0.15, 0.2) is 0 Å². The van der Waals surface area contributed by atoms with E-state index in [2.05, 4.69) is 10.5 Å². The second kappa shape index (κ2) is 7.19. The minimum atomic E-state index is -0.0461. The Hall–Kier alpha value is -2.69. The molecule has 0 aliphatic rings. The lowest BCUT2D eigenvalue weighted by Crippen LogP contribution is -2.27. The van der Waals surface area contributed by atoms with E-state index < -0.39 is 0 Å². The fourth-order valence-corrected chi connectivity index (χ4v) is 1.74. The van der Waals surface area contributed by atoms with Gasteiger partial charge in [-0.2, -0.15) is 0 Å². The summed E-state index contributed by atoms with van der Waals surface area (Å²) in [6, 6.07) is 17.3. The Labute approximate surface area is 124 Å². The van der Waals surface area contributed by atoms with Crippen molar-refractivity contribution >= 4 is 11.5 Å². The molecule has 0 aliphatic heterocycles. The van der Waals surface area contributed by atoms with Crippen LogP contribution in [0.25, 0.3) is 0 Å². The Morgan fingerprint density at radius 3 is 2.38 bits per heavy atom. The first kappa shape index (κ1) is 14.7. The van der Waals surface area contributed by atoms with Crippen molar-refractivity contribution in [2.24, 2.45) is 16.8 Å². The van der Waals surface area contributed by atoms with Crippen molar-refractivity contribution in [2.45, 2.75) is 6.92 Å². The van der Waals surface area contributed by atoms with Crippen molar-refractivity contribution in [1.29, 1.82) is 0 Å². The van der Waals surface area contributed by atoms with Gasteiger partial charge < -0.3 is 21.0 Å². The van der Waals surface area contributed by atoms with Crippen molar-refractivity contribution in [1.82, 2.24) is 0 Å². The Kier molecular flexibility index (Phi) is 5.04. The quantitative estimate of drug-likeness (QED) is 0.329. The Bertz CT molecular complexity index is 582. The van der Waals surface area contributed by atoms with Crippen LogP contribution in [0, 0.1) is 5.92 Å². The van der Waals surface area contributed by atoms with Crippen LogP contribution in [-0.2, 0) is 0 Å². The van der Waals surface area contributed by atoms with Crippen LogP contribution in [0.15, 0.2) is 59.8 Å². The lowest BCUT2D eigenvalue weighted by Gasteiger charge is -2.12. The summed E-state index contributed by atoms with van der Waals surface area (Å²) in [5.74, 6) is 1.75. The van der Waals surface area contributed by atoms with Gasteiger partial charge in [-0.25, -0.2) is 0 Å². The summed E-state index contributed by atoms with van der Waals surface area (Å²) in [4.78, 5) is 0. The maximum atomic E-state index is 8.60. The fraction of sp³-hybridized carbons (Fsp3) is 0.188. The maximum absolute atomic E-state index is 8.60. The predicted octanol–water partition coefficient (Wildman–Crippen LogP) is 3.27. The van der Waals surface area contributed by atoms with Crippen molar-refractivity contribution in [3.05, 3.63) is 54.6 Å². The number of rotatable bonds is 6. The monoisotopic (exact) mass is 285 g/mol. The highest BCUT2D eigenvalue weighted by Gasteiger charge is 2.07. The molecule has 1 atom stereocenters. The van der Waals surface area contributed by atoms with Crippen molar-refractivity contribution < 1.29 is 9.94 Å². The minimum absolute atomic E-state index is 0.0461. The van der Waals surface area contributed by atoms with Crippen LogP contribution in [0.5, 0.6) is 11.5 Å². The van der Waals surface area contributed by atoms with E-state index in [1.54, 1.807) is 0 Å². The number of nitrogens with two attached hydrogens (primary N) is 1. The third-order valence-electron chi connectivity index (χ3n) is 3.07. The van der Waals surface area contributed by atoms with Crippen molar-refractivity contribution in [3.8, 4) is 11.5 Å². The van der Waals surface area contributed by atoms with Crippen LogP contribution < -0.4 is 15.8 Å². The molecule has 21 heavy (non-hydrogen) atoms. The van der Waals surface area contributed by atoms with E-state index in [4.69, 9.17) is 15.7 Å². The van der Waals surface area contributed by atoms with Crippen LogP contribution in [0.3, 0.4) is 0 Å². The van der Waals surface area contributed by atoms with Gasteiger partial charge in [0.1, 0.15) is 17.3 Å². The molecule has 0 radical (unpaired) electrons. The minimum Gasteiger partial charge on any atom is -0.457 e. The van der Waals surface area contributed by atoms with E-state index >= 15 is 0 Å². The van der Waals surface area contributed by atoms with Gasteiger partial charge >= 0.3 is 0 Å². The molecule has 0 saturated heterocycles. The van der Waals surface area contributed by atoms with Gasteiger partial charge in [-0.3, -0.25) is 0 Å². The molecular formula is C16H19N3O2. The molecule has 0 aromatic heterocycles.